The van der Waals surface area contributed by atoms with Crippen LogP contribution in [0.2, 0.25) is 0 Å². The number of aryl methyl sites for hydroxylation is 1. The fourth-order valence-electron chi connectivity index (χ4n) is 1.19. The maximum atomic E-state index is 9.68. The Labute approximate surface area is 77.7 Å². The van der Waals surface area contributed by atoms with Gasteiger partial charge in [0, 0.05) is 0 Å². The minimum Gasteiger partial charge on any atom is -0.359 e. The lowest BCUT2D eigenvalue weighted by Gasteiger charge is -2.00. The average molecular weight is 179 g/mol. The van der Waals surface area contributed by atoms with Crippen LogP contribution in [0, 0.1) is 4.91 Å². The minimum atomic E-state index is 0.260. The molecule has 13 heavy (non-hydrogen) atoms. The van der Waals surface area contributed by atoms with E-state index in [0.29, 0.717) is 0 Å². The van der Waals surface area contributed by atoms with E-state index in [1.54, 1.807) is 0 Å². The summed E-state index contributed by atoms with van der Waals surface area (Å²) in [5.41, 5.74) is 2.28. The molecule has 0 saturated heterocycles. The summed E-state index contributed by atoms with van der Waals surface area (Å²) in [6, 6.07) is 8.01. The average Bonchev–Trinajstić information content (AvgIpc) is 2.17. The lowest BCUT2D eigenvalue weighted by molar-refractivity contribution is 0.126. The van der Waals surface area contributed by atoms with Crippen molar-refractivity contribution < 1.29 is 4.84 Å². The van der Waals surface area contributed by atoms with E-state index < -0.39 is 0 Å². The Balaban J connectivity index is 2.53. The number of nitrogens with zero attached hydrogens (tertiary/aromatic N) is 1. The van der Waals surface area contributed by atoms with Crippen molar-refractivity contribution in [3.63, 3.8) is 0 Å². The molecule has 3 heteroatoms. The van der Waals surface area contributed by atoms with E-state index in [1.165, 1.54) is 5.56 Å². The Kier molecular flexibility index (Phi) is 3.96. The van der Waals surface area contributed by atoms with Crippen LogP contribution in [0.5, 0.6) is 0 Å². The maximum Gasteiger partial charge on any atom is 0.155 e. The Morgan fingerprint density at radius 3 is 2.38 bits per heavy atom. The van der Waals surface area contributed by atoms with Crippen molar-refractivity contribution in [3.05, 3.63) is 40.3 Å². The van der Waals surface area contributed by atoms with E-state index in [2.05, 4.69) is 17.1 Å². The first-order chi connectivity index (χ1) is 6.36. The Hall–Kier alpha value is -1.38. The zero-order valence-electron chi connectivity index (χ0n) is 7.69. The molecule has 0 heterocycles. The van der Waals surface area contributed by atoms with Gasteiger partial charge in [-0.3, -0.25) is 0 Å². The van der Waals surface area contributed by atoms with Gasteiger partial charge in [-0.05, 0) is 17.5 Å². The molecule has 70 valence electrons. The molecule has 0 unspecified atom stereocenters. The first-order valence-electron chi connectivity index (χ1n) is 4.39. The molecule has 0 N–H and O–H groups in total. The highest BCUT2D eigenvalue weighted by atomic mass is 16.7. The summed E-state index contributed by atoms with van der Waals surface area (Å²) < 4.78 is 0. The van der Waals surface area contributed by atoms with Crippen LogP contribution in [-0.2, 0) is 17.9 Å². The fraction of sp³-hybridized carbons (Fsp3) is 0.400. The molecule has 3 nitrogen and oxygen atoms in total. The summed E-state index contributed by atoms with van der Waals surface area (Å²) in [5, 5.41) is 2.34. The third kappa shape index (κ3) is 3.23. The second-order valence-corrected chi connectivity index (χ2v) is 2.91. The van der Waals surface area contributed by atoms with Gasteiger partial charge in [-0.1, -0.05) is 37.6 Å². The van der Waals surface area contributed by atoms with Gasteiger partial charge in [-0.15, -0.1) is 4.91 Å². The summed E-state index contributed by atoms with van der Waals surface area (Å²) in [6.45, 7) is 2.41. The summed E-state index contributed by atoms with van der Waals surface area (Å²) in [6.07, 6.45) is 2.23. The molecule has 0 aliphatic carbocycles. The van der Waals surface area contributed by atoms with Gasteiger partial charge in [0.15, 0.2) is 5.34 Å². The van der Waals surface area contributed by atoms with E-state index in [-0.39, 0.29) is 6.61 Å². The zero-order valence-corrected chi connectivity index (χ0v) is 7.69. The van der Waals surface area contributed by atoms with Gasteiger partial charge in [0.05, 0.1) is 0 Å². The third-order valence-electron chi connectivity index (χ3n) is 1.85. The van der Waals surface area contributed by atoms with Gasteiger partial charge < -0.3 is 4.84 Å². The molecule has 1 aromatic carbocycles. The molecule has 0 bridgehead atoms. The molecule has 0 radical (unpaired) electrons. The van der Waals surface area contributed by atoms with Crippen LogP contribution in [0.1, 0.15) is 24.5 Å². The molecule has 0 aromatic heterocycles. The minimum absolute atomic E-state index is 0.260. The predicted molar refractivity (Wildman–Crippen MR) is 51.0 cm³/mol. The molecular formula is C10H13NO2. The Morgan fingerprint density at radius 2 is 1.85 bits per heavy atom. The molecule has 0 amide bonds. The topological polar surface area (TPSA) is 38.7 Å². The highest BCUT2D eigenvalue weighted by Gasteiger charge is 1.94. The smallest absolute Gasteiger partial charge is 0.155 e. The van der Waals surface area contributed by atoms with Crippen molar-refractivity contribution in [1.82, 2.24) is 0 Å². The molecule has 0 atom stereocenters. The molecule has 0 aliphatic rings. The lowest BCUT2D eigenvalue weighted by atomic mass is 10.1. The quantitative estimate of drug-likeness (QED) is 0.515. The SMILES string of the molecule is CCCc1ccc(CON=O)cc1. The highest BCUT2D eigenvalue weighted by molar-refractivity contribution is 5.21. The highest BCUT2D eigenvalue weighted by Crippen LogP contribution is 2.07. The second-order valence-electron chi connectivity index (χ2n) is 2.91. The second kappa shape index (κ2) is 5.30. The van der Waals surface area contributed by atoms with Crippen LogP contribution in [0.15, 0.2) is 29.6 Å². The molecule has 0 fully saturated rings. The number of rotatable bonds is 5. The lowest BCUT2D eigenvalue weighted by Crippen LogP contribution is -1.88. The van der Waals surface area contributed by atoms with Crippen LogP contribution in [0.3, 0.4) is 0 Å². The Bertz CT molecular complexity index is 256. The molecular weight excluding hydrogens is 166 g/mol. The van der Waals surface area contributed by atoms with Crippen molar-refractivity contribution in [3.8, 4) is 0 Å². The van der Waals surface area contributed by atoms with E-state index in [4.69, 9.17) is 0 Å². The van der Waals surface area contributed by atoms with Crippen molar-refractivity contribution in [2.75, 3.05) is 0 Å². The van der Waals surface area contributed by atoms with Crippen LogP contribution >= 0.6 is 0 Å². The van der Waals surface area contributed by atoms with E-state index in [0.717, 1.165) is 18.4 Å². The molecule has 0 saturated carbocycles. The van der Waals surface area contributed by atoms with Gasteiger partial charge >= 0.3 is 0 Å². The monoisotopic (exact) mass is 179 g/mol. The predicted octanol–water partition coefficient (Wildman–Crippen LogP) is 2.84. The Morgan fingerprint density at radius 1 is 1.23 bits per heavy atom. The number of hydrogen-bond acceptors (Lipinski definition) is 3. The zero-order chi connectivity index (χ0) is 9.52. The van der Waals surface area contributed by atoms with Crippen LogP contribution in [0.25, 0.3) is 0 Å². The van der Waals surface area contributed by atoms with Gasteiger partial charge in [0.1, 0.15) is 6.61 Å². The fourth-order valence-corrected chi connectivity index (χ4v) is 1.19. The summed E-state index contributed by atoms with van der Waals surface area (Å²) in [7, 11) is 0. The first-order valence-corrected chi connectivity index (χ1v) is 4.39. The van der Waals surface area contributed by atoms with Gasteiger partial charge in [-0.25, -0.2) is 0 Å². The summed E-state index contributed by atoms with van der Waals surface area (Å²) in [5.74, 6) is 0. The van der Waals surface area contributed by atoms with Crippen LogP contribution < -0.4 is 0 Å². The molecule has 0 aliphatic heterocycles. The van der Waals surface area contributed by atoms with Crippen molar-refractivity contribution in [2.24, 2.45) is 5.34 Å². The van der Waals surface area contributed by atoms with Crippen LogP contribution in [-0.4, -0.2) is 0 Å². The van der Waals surface area contributed by atoms with Gasteiger partial charge in [0.2, 0.25) is 0 Å². The molecule has 1 rings (SSSR count). The number of benzene rings is 1. The van der Waals surface area contributed by atoms with Crippen molar-refractivity contribution >= 4 is 0 Å². The number of hydrogen-bond donors (Lipinski definition) is 0. The largest absolute Gasteiger partial charge is 0.359 e. The van der Waals surface area contributed by atoms with Gasteiger partial charge in [-0.2, -0.15) is 0 Å². The van der Waals surface area contributed by atoms with Crippen molar-refractivity contribution in [2.45, 2.75) is 26.4 Å². The molecule has 1 aromatic rings. The summed E-state index contributed by atoms with van der Waals surface area (Å²) in [4.78, 5) is 14.1. The van der Waals surface area contributed by atoms with E-state index in [9.17, 15) is 4.91 Å². The first kappa shape index (κ1) is 9.71. The standard InChI is InChI=1S/C10H13NO2/c1-2-3-9-4-6-10(7-5-9)8-13-11-12/h4-7H,2-3,8H2,1H3. The third-order valence-corrected chi connectivity index (χ3v) is 1.85. The normalized spacial score (nSPS) is 9.62. The summed E-state index contributed by atoms with van der Waals surface area (Å²) >= 11 is 0. The van der Waals surface area contributed by atoms with Gasteiger partial charge in [0.25, 0.3) is 0 Å². The van der Waals surface area contributed by atoms with E-state index >= 15 is 0 Å². The van der Waals surface area contributed by atoms with Crippen LogP contribution in [0.4, 0.5) is 0 Å². The van der Waals surface area contributed by atoms with Crippen molar-refractivity contribution in [1.29, 1.82) is 0 Å². The molecule has 0 spiro atoms. The maximum absolute atomic E-state index is 9.68. The van der Waals surface area contributed by atoms with E-state index in [1.807, 2.05) is 24.3 Å².